The van der Waals surface area contributed by atoms with Gasteiger partial charge in [-0.3, -0.25) is 14.3 Å². The molecule has 1 aliphatic rings. The van der Waals surface area contributed by atoms with E-state index in [0.717, 1.165) is 13.7 Å². The Kier molecular flexibility index (Phi) is 7.75. The van der Waals surface area contributed by atoms with Gasteiger partial charge in [0, 0.05) is 12.6 Å². The highest BCUT2D eigenvalue weighted by molar-refractivity contribution is 7.80. The van der Waals surface area contributed by atoms with Crippen molar-refractivity contribution in [2.24, 2.45) is 0 Å². The summed E-state index contributed by atoms with van der Waals surface area (Å²) in [6, 6.07) is 5.94. The third kappa shape index (κ3) is 6.11. The Morgan fingerprint density at radius 1 is 1.43 bits per heavy atom. The van der Waals surface area contributed by atoms with Gasteiger partial charge in [-0.1, -0.05) is 6.07 Å². The molecule has 0 bridgehead atoms. The minimum absolute atomic E-state index is 0.0524. The molecule has 2 atom stereocenters. The first-order valence-electron chi connectivity index (χ1n) is 9.69. The lowest BCUT2D eigenvalue weighted by Crippen LogP contribution is -3.23. The number of rotatable bonds is 6. The highest BCUT2D eigenvalue weighted by atomic mass is 32.3. The van der Waals surface area contributed by atoms with Crippen molar-refractivity contribution in [3.05, 3.63) is 34.5 Å². The van der Waals surface area contributed by atoms with Crippen molar-refractivity contribution in [3.63, 3.8) is 0 Å². The van der Waals surface area contributed by atoms with E-state index in [2.05, 4.69) is 35.4 Å². The quantitative estimate of drug-likeness (QED) is 0.291. The van der Waals surface area contributed by atoms with E-state index in [0.29, 0.717) is 23.9 Å². The summed E-state index contributed by atoms with van der Waals surface area (Å²) in [6.07, 6.45) is 5.48. The summed E-state index contributed by atoms with van der Waals surface area (Å²) in [5.41, 5.74) is 0.824. The average molecular weight is 444 g/mol. The molecule has 0 aliphatic carbocycles. The molecule has 0 saturated carbocycles. The van der Waals surface area contributed by atoms with E-state index in [1.165, 1.54) is 19.3 Å². The van der Waals surface area contributed by atoms with Crippen LogP contribution in [0.5, 0.6) is 0 Å². The van der Waals surface area contributed by atoms with E-state index in [1.807, 2.05) is 6.07 Å². The van der Waals surface area contributed by atoms with E-state index < -0.39 is 10.4 Å². The zero-order valence-electron chi connectivity index (χ0n) is 17.6. The lowest BCUT2D eigenvalue weighted by Gasteiger charge is -2.43. The number of hydrogen-bond acceptors (Lipinski definition) is 8. The predicted octanol–water partition coefficient (Wildman–Crippen LogP) is 0.983. The van der Waals surface area contributed by atoms with Gasteiger partial charge < -0.3 is 14.8 Å². The molecule has 0 amide bonds. The maximum Gasteiger partial charge on any atom is 0.338 e. The van der Waals surface area contributed by atoms with Gasteiger partial charge in [-0.2, -0.15) is 0 Å². The number of fused-ring (bicyclic) bond motifs is 1. The highest BCUT2D eigenvalue weighted by Crippen LogP contribution is 2.28. The van der Waals surface area contributed by atoms with Crippen LogP contribution < -0.4 is 10.2 Å². The van der Waals surface area contributed by atoms with Crippen LogP contribution in [0.3, 0.4) is 0 Å². The monoisotopic (exact) mass is 443 g/mol. The smallest absolute Gasteiger partial charge is 0.338 e. The molecule has 12 heteroatoms. The van der Waals surface area contributed by atoms with Crippen molar-refractivity contribution in [2.75, 3.05) is 25.5 Å². The van der Waals surface area contributed by atoms with E-state index in [9.17, 15) is 23.1 Å². The Morgan fingerprint density at radius 3 is 2.67 bits per heavy atom. The lowest BCUT2D eigenvalue weighted by molar-refractivity contribution is -0.974. The van der Waals surface area contributed by atoms with Gasteiger partial charge in [0.1, 0.15) is 5.52 Å². The molecule has 30 heavy (non-hydrogen) atoms. The van der Waals surface area contributed by atoms with Crippen molar-refractivity contribution < 1.29 is 27.0 Å². The van der Waals surface area contributed by atoms with Gasteiger partial charge in [0.15, 0.2) is 0 Å². The average Bonchev–Trinajstić information content (AvgIpc) is 3.02. The van der Waals surface area contributed by atoms with Crippen molar-refractivity contribution in [1.82, 2.24) is 9.61 Å². The van der Waals surface area contributed by atoms with Gasteiger partial charge in [0.05, 0.1) is 36.7 Å². The second-order valence-corrected chi connectivity index (χ2v) is 9.09. The minimum atomic E-state index is -4.41. The number of likely N-dealkylation sites (tertiary alicyclic amines) is 1. The Labute approximate surface area is 176 Å². The number of aromatic nitrogens is 2. The first-order chi connectivity index (χ1) is 14.0. The summed E-state index contributed by atoms with van der Waals surface area (Å²) in [5, 5.41) is 18.9. The van der Waals surface area contributed by atoms with Crippen LogP contribution in [-0.4, -0.2) is 59.3 Å². The molecule has 168 valence electrons. The van der Waals surface area contributed by atoms with Gasteiger partial charge in [0.25, 0.3) is 0 Å². The summed E-state index contributed by atoms with van der Waals surface area (Å²) in [5.74, 6) is 0.355. The Morgan fingerprint density at radius 2 is 2.10 bits per heavy atom. The molecule has 0 radical (unpaired) electrons. The molecule has 11 nitrogen and oxygen atoms in total. The van der Waals surface area contributed by atoms with Crippen molar-refractivity contribution >= 4 is 27.4 Å². The molecular formula is C18H29N5O6S. The molecule has 0 spiro atoms. The van der Waals surface area contributed by atoms with Gasteiger partial charge in [-0.05, 0) is 45.7 Å². The van der Waals surface area contributed by atoms with E-state index >= 15 is 0 Å². The second-order valence-electron chi connectivity index (χ2n) is 7.94. The molecule has 2 unspecified atom stereocenters. The maximum absolute atomic E-state index is 11.4. The zero-order chi connectivity index (χ0) is 22.5. The van der Waals surface area contributed by atoms with E-state index in [1.54, 1.807) is 27.7 Å². The Balaban J connectivity index is 0.000000469. The SMILES string of the molecule is CC1CCCC(C)(C)[NH+]1CCNc1nn2ccccc2c1[N+](=O)[O-].COS(=O)(=O)[O-]. The number of nitrogens with one attached hydrogen (secondary N) is 2. The molecule has 0 aromatic carbocycles. The summed E-state index contributed by atoms with van der Waals surface area (Å²) < 4.78 is 32.6. The number of hydrogen-bond donors (Lipinski definition) is 2. The first-order valence-corrected chi connectivity index (χ1v) is 11.0. The summed E-state index contributed by atoms with van der Waals surface area (Å²) in [4.78, 5) is 12.6. The Bertz CT molecular complexity index is 975. The van der Waals surface area contributed by atoms with Crippen LogP contribution in [0.2, 0.25) is 0 Å². The van der Waals surface area contributed by atoms with Gasteiger partial charge in [0.2, 0.25) is 16.2 Å². The fourth-order valence-electron chi connectivity index (χ4n) is 4.04. The third-order valence-electron chi connectivity index (χ3n) is 5.49. The number of piperidine rings is 1. The third-order valence-corrected chi connectivity index (χ3v) is 5.90. The van der Waals surface area contributed by atoms with Crippen LogP contribution in [-0.2, 0) is 14.6 Å². The highest BCUT2D eigenvalue weighted by Gasteiger charge is 2.37. The molecule has 1 fully saturated rings. The molecule has 3 rings (SSSR count). The number of pyridine rings is 1. The molecular weight excluding hydrogens is 414 g/mol. The van der Waals surface area contributed by atoms with Crippen LogP contribution in [0.1, 0.15) is 40.0 Å². The van der Waals surface area contributed by atoms with Gasteiger partial charge in [-0.15, -0.1) is 5.10 Å². The first kappa shape index (κ1) is 24.0. The van der Waals surface area contributed by atoms with Crippen LogP contribution in [0.25, 0.3) is 5.52 Å². The maximum atomic E-state index is 11.4. The van der Waals surface area contributed by atoms with Crippen molar-refractivity contribution in [2.45, 2.75) is 51.6 Å². The standard InChI is InChI=1S/C17H25N5O2.CH4O4S/c1-13-7-6-9-17(2,3)20(13)12-10-18-16-15(22(23)24)14-8-4-5-11-21(14)19-16;1-5-6(2,3)4/h4-5,8,11,13H,6-7,9-10,12H2,1-3H3,(H,18,19);1H3,(H,2,3,4). The minimum Gasteiger partial charge on any atom is -0.726 e. The number of quaternary nitrogens is 1. The van der Waals surface area contributed by atoms with Crippen LogP contribution in [0.4, 0.5) is 11.5 Å². The molecule has 2 N–H and O–H groups in total. The summed E-state index contributed by atoms with van der Waals surface area (Å²) >= 11 is 0. The van der Waals surface area contributed by atoms with Crippen LogP contribution in [0.15, 0.2) is 24.4 Å². The normalized spacial score (nSPS) is 21.0. The van der Waals surface area contributed by atoms with E-state index in [4.69, 9.17) is 0 Å². The number of anilines is 1. The second kappa shape index (κ2) is 9.69. The number of nitrogens with zero attached hydrogens (tertiary/aromatic N) is 3. The fraction of sp³-hybridized carbons (Fsp3) is 0.611. The molecule has 2 aromatic heterocycles. The van der Waals surface area contributed by atoms with Crippen LogP contribution >= 0.6 is 0 Å². The Hall–Kier alpha value is -2.28. The molecule has 2 aromatic rings. The molecule has 1 aliphatic heterocycles. The van der Waals surface area contributed by atoms with Crippen LogP contribution in [0, 0.1) is 10.1 Å². The van der Waals surface area contributed by atoms with E-state index in [-0.39, 0.29) is 16.1 Å². The topological polar surface area (TPSA) is 143 Å². The molecule has 1 saturated heterocycles. The largest absolute Gasteiger partial charge is 0.726 e. The van der Waals surface area contributed by atoms with Gasteiger partial charge in [-0.25, -0.2) is 12.9 Å². The summed E-state index contributed by atoms with van der Waals surface area (Å²) in [6.45, 7) is 8.52. The zero-order valence-corrected chi connectivity index (χ0v) is 18.4. The lowest BCUT2D eigenvalue weighted by atomic mass is 9.87. The summed E-state index contributed by atoms with van der Waals surface area (Å²) in [7, 11) is -3.60. The fourth-order valence-corrected chi connectivity index (χ4v) is 4.04. The van der Waals surface area contributed by atoms with Crippen molar-refractivity contribution in [1.29, 1.82) is 0 Å². The van der Waals surface area contributed by atoms with Gasteiger partial charge >= 0.3 is 5.69 Å². The predicted molar refractivity (Wildman–Crippen MR) is 110 cm³/mol. The van der Waals surface area contributed by atoms with Crippen molar-refractivity contribution in [3.8, 4) is 0 Å². The number of nitro groups is 1. The molecule has 3 heterocycles.